The Morgan fingerprint density at radius 1 is 1.48 bits per heavy atom. The first-order valence-electron chi connectivity index (χ1n) is 8.43. The van der Waals surface area contributed by atoms with E-state index in [0.717, 1.165) is 22.6 Å². The molecule has 1 aromatic rings. The van der Waals surface area contributed by atoms with Gasteiger partial charge in [0.2, 0.25) is 0 Å². The Bertz CT molecular complexity index is 1020. The van der Waals surface area contributed by atoms with Crippen molar-refractivity contribution in [3.63, 3.8) is 0 Å². The van der Waals surface area contributed by atoms with Crippen LogP contribution in [0.3, 0.4) is 0 Å². The highest BCUT2D eigenvalue weighted by molar-refractivity contribution is 8.00. The van der Waals surface area contributed by atoms with E-state index >= 15 is 0 Å². The van der Waals surface area contributed by atoms with Crippen molar-refractivity contribution in [2.45, 2.75) is 11.4 Å². The topological polar surface area (TPSA) is 210 Å². The van der Waals surface area contributed by atoms with Gasteiger partial charge in [0.15, 0.2) is 10.8 Å². The third kappa shape index (κ3) is 4.43. The maximum absolute atomic E-state index is 12.7. The van der Waals surface area contributed by atoms with E-state index < -0.39 is 29.2 Å². The molecule has 31 heavy (non-hydrogen) atoms. The zero-order valence-corrected chi connectivity index (χ0v) is 17.5. The molecule has 2 atom stereocenters. The highest BCUT2D eigenvalue weighted by atomic mass is 32.2. The fraction of sp³-hybridized carbons (Fsp3) is 0.267. The van der Waals surface area contributed by atoms with Crippen LogP contribution >= 0.6 is 23.1 Å². The minimum Gasteiger partial charge on any atom is -0.477 e. The highest BCUT2D eigenvalue weighted by Gasteiger charge is 2.54. The molecule has 2 aliphatic heterocycles. The second kappa shape index (κ2) is 9.43. The number of nitrogen functional groups attached to an aromatic ring is 1. The summed E-state index contributed by atoms with van der Waals surface area (Å²) in [7, 11) is 1.26. The van der Waals surface area contributed by atoms with Crippen molar-refractivity contribution in [3.8, 4) is 0 Å². The molecule has 16 heteroatoms. The lowest BCUT2D eigenvalue weighted by molar-refractivity contribution is -0.150. The number of hydrogen-bond acceptors (Lipinski definition) is 12. The van der Waals surface area contributed by atoms with Crippen LogP contribution in [0.4, 0.5) is 5.13 Å². The number of oxime groups is 1. The van der Waals surface area contributed by atoms with Crippen LogP contribution in [0.1, 0.15) is 5.69 Å². The fourth-order valence-electron chi connectivity index (χ4n) is 2.83. The van der Waals surface area contributed by atoms with Gasteiger partial charge in [-0.3, -0.25) is 19.9 Å². The van der Waals surface area contributed by atoms with Gasteiger partial charge in [-0.2, -0.15) is 10.2 Å². The van der Waals surface area contributed by atoms with Crippen molar-refractivity contribution in [2.75, 3.05) is 18.6 Å². The Balaban J connectivity index is 1.77. The number of hydrazone groups is 2. The zero-order chi connectivity index (χ0) is 22.5. The van der Waals surface area contributed by atoms with E-state index in [0.29, 0.717) is 5.57 Å². The molecule has 1 fully saturated rings. The van der Waals surface area contributed by atoms with Crippen molar-refractivity contribution in [1.82, 2.24) is 20.6 Å². The number of carboxylic acids is 1. The predicted molar refractivity (Wildman–Crippen MR) is 114 cm³/mol. The SMILES string of the molecule is CO/N=C(/C(=O)NC1C(=O)N2C(C(=O)O)=C(C=NNC=NN)CS[C@H]12)c1csc(N)n1. The Kier molecular flexibility index (Phi) is 6.71. The normalized spacial score (nSPS) is 21.3. The van der Waals surface area contributed by atoms with Crippen LogP contribution < -0.4 is 22.3 Å². The molecule has 0 spiro atoms. The van der Waals surface area contributed by atoms with Gasteiger partial charge in [0.25, 0.3) is 11.8 Å². The standard InChI is InChI=1S/C15H17N9O5S2/c1-29-23-8(7-4-31-15(16)21-7)11(25)22-9-12(26)24-10(14(27)28)6(3-30-13(9)24)2-19-20-5-18-17/h2,4-5,9,13H,3,17H2,1H3,(H2,16,21)(H,18,20)(H,22,25)(H,27,28)/b19-2?,23-8+/t9?,13-/m1/s1. The second-order valence-electron chi connectivity index (χ2n) is 5.90. The van der Waals surface area contributed by atoms with Gasteiger partial charge < -0.3 is 26.8 Å². The number of thiazole rings is 1. The number of thioether (sulfide) groups is 1. The van der Waals surface area contributed by atoms with Crippen LogP contribution in [0.15, 0.2) is 32.0 Å². The lowest BCUT2D eigenvalue weighted by Gasteiger charge is -2.49. The summed E-state index contributed by atoms with van der Waals surface area (Å²) in [5.74, 6) is 2.60. The largest absolute Gasteiger partial charge is 0.477 e. The van der Waals surface area contributed by atoms with Gasteiger partial charge in [0.1, 0.15) is 36.3 Å². The first-order chi connectivity index (χ1) is 14.9. The number of rotatable bonds is 8. The van der Waals surface area contributed by atoms with Crippen LogP contribution in [0.25, 0.3) is 0 Å². The molecule has 2 amide bonds. The molecule has 1 saturated heterocycles. The number of carboxylic acid groups (broad SMARTS) is 1. The monoisotopic (exact) mass is 467 g/mol. The van der Waals surface area contributed by atoms with E-state index in [1.807, 2.05) is 0 Å². The van der Waals surface area contributed by atoms with Gasteiger partial charge in [-0.25, -0.2) is 9.78 Å². The summed E-state index contributed by atoms with van der Waals surface area (Å²) in [6, 6.07) is -0.953. The molecule has 0 saturated carbocycles. The summed E-state index contributed by atoms with van der Waals surface area (Å²) in [5.41, 5.74) is 8.12. The van der Waals surface area contributed by atoms with E-state index in [2.05, 4.69) is 31.1 Å². The number of aromatic nitrogens is 1. The van der Waals surface area contributed by atoms with Crippen molar-refractivity contribution in [3.05, 3.63) is 22.3 Å². The van der Waals surface area contributed by atoms with Gasteiger partial charge in [0, 0.05) is 16.7 Å². The molecule has 1 aromatic heterocycles. The van der Waals surface area contributed by atoms with Gasteiger partial charge >= 0.3 is 5.97 Å². The summed E-state index contributed by atoms with van der Waals surface area (Å²) in [5, 5.41) is 23.9. The van der Waals surface area contributed by atoms with Crippen molar-refractivity contribution in [1.29, 1.82) is 0 Å². The van der Waals surface area contributed by atoms with Gasteiger partial charge in [-0.05, 0) is 0 Å². The lowest BCUT2D eigenvalue weighted by Crippen LogP contribution is -2.71. The number of fused-ring (bicyclic) bond motifs is 1. The Morgan fingerprint density at radius 2 is 2.26 bits per heavy atom. The Morgan fingerprint density at radius 3 is 2.87 bits per heavy atom. The number of nitrogens with two attached hydrogens (primary N) is 2. The quantitative estimate of drug-likeness (QED) is 0.0960. The number of nitrogens with zero attached hydrogens (tertiary/aromatic N) is 5. The molecule has 164 valence electrons. The van der Waals surface area contributed by atoms with Crippen molar-refractivity contribution in [2.24, 2.45) is 21.2 Å². The molecular formula is C15H17N9O5S2. The molecule has 1 unspecified atom stereocenters. The van der Waals surface area contributed by atoms with Crippen LogP contribution in [0.2, 0.25) is 0 Å². The molecule has 14 nitrogen and oxygen atoms in total. The van der Waals surface area contributed by atoms with Crippen molar-refractivity contribution < 1.29 is 24.3 Å². The van der Waals surface area contributed by atoms with Crippen LogP contribution in [-0.2, 0) is 19.2 Å². The number of nitrogens with one attached hydrogen (secondary N) is 2. The van der Waals surface area contributed by atoms with Crippen LogP contribution in [0, 0.1) is 0 Å². The number of carbonyl (C=O) groups excluding carboxylic acids is 2. The van der Waals surface area contributed by atoms with Gasteiger partial charge in [-0.1, -0.05) is 5.16 Å². The van der Waals surface area contributed by atoms with E-state index in [4.69, 9.17) is 16.4 Å². The molecule has 0 aromatic carbocycles. The van der Waals surface area contributed by atoms with E-state index in [1.165, 1.54) is 30.5 Å². The fourth-order valence-corrected chi connectivity index (χ4v) is 4.67. The minimum absolute atomic E-state index is 0.156. The van der Waals surface area contributed by atoms with Crippen molar-refractivity contribution >= 4 is 64.3 Å². The minimum atomic E-state index is -1.29. The van der Waals surface area contributed by atoms with E-state index in [-0.39, 0.29) is 28.0 Å². The van der Waals surface area contributed by atoms with Gasteiger partial charge in [0.05, 0.1) is 6.21 Å². The smallest absolute Gasteiger partial charge is 0.353 e. The first kappa shape index (κ1) is 22.0. The molecule has 3 rings (SSSR count). The maximum atomic E-state index is 12.7. The average molecular weight is 467 g/mol. The van der Waals surface area contributed by atoms with E-state index in [1.54, 1.807) is 0 Å². The number of amides is 2. The molecule has 7 N–H and O–H groups in total. The maximum Gasteiger partial charge on any atom is 0.353 e. The number of anilines is 1. The molecule has 0 bridgehead atoms. The van der Waals surface area contributed by atoms with Crippen LogP contribution in [0.5, 0.6) is 0 Å². The lowest BCUT2D eigenvalue weighted by atomic mass is 10.0. The average Bonchev–Trinajstić information content (AvgIpc) is 3.18. The van der Waals surface area contributed by atoms with E-state index in [9.17, 15) is 19.5 Å². The number of carbonyl (C=O) groups is 3. The summed E-state index contributed by atoms with van der Waals surface area (Å²) >= 11 is 2.39. The first-order valence-corrected chi connectivity index (χ1v) is 10.4. The third-order valence-corrected chi connectivity index (χ3v) is 6.05. The third-order valence-electron chi connectivity index (χ3n) is 4.08. The molecule has 0 radical (unpaired) electrons. The molecule has 3 heterocycles. The zero-order valence-electron chi connectivity index (χ0n) is 15.9. The van der Waals surface area contributed by atoms with Gasteiger partial charge in [-0.15, -0.1) is 23.1 Å². The second-order valence-corrected chi connectivity index (χ2v) is 7.89. The number of hydrogen-bond donors (Lipinski definition) is 5. The molecule has 2 aliphatic rings. The Labute approximate surface area is 183 Å². The summed E-state index contributed by atoms with van der Waals surface area (Å²) in [6.45, 7) is 0. The Hall–Kier alpha value is -3.66. The highest BCUT2D eigenvalue weighted by Crippen LogP contribution is 2.39. The van der Waals surface area contributed by atoms with Crippen LogP contribution in [-0.4, -0.2) is 75.3 Å². The molecular weight excluding hydrogens is 450 g/mol. The summed E-state index contributed by atoms with van der Waals surface area (Å²) < 4.78 is 0. The summed E-state index contributed by atoms with van der Waals surface area (Å²) in [6.07, 6.45) is 2.37. The number of aliphatic carboxylic acids is 1. The predicted octanol–water partition coefficient (Wildman–Crippen LogP) is -1.71. The summed E-state index contributed by atoms with van der Waals surface area (Å²) in [4.78, 5) is 46.9. The number of β-lactam (4-membered cyclic amide) rings is 1. The molecule has 0 aliphatic carbocycles.